The second kappa shape index (κ2) is 6.54. The van der Waals surface area contributed by atoms with Gasteiger partial charge in [0.1, 0.15) is 11.6 Å². The highest BCUT2D eigenvalue weighted by Gasteiger charge is 2.11. The van der Waals surface area contributed by atoms with E-state index < -0.39 is 11.9 Å². The monoisotopic (exact) mass is 278 g/mol. The molecule has 2 N–H and O–H groups in total. The van der Waals surface area contributed by atoms with Crippen molar-refractivity contribution in [1.29, 1.82) is 0 Å². The molecule has 2 aromatic rings. The SMILES string of the molecule is CC(NCC(O)c1ccc(F)cc1)c1cncc(F)c1. The number of aromatic nitrogens is 1. The van der Waals surface area contributed by atoms with Crippen LogP contribution in [0.15, 0.2) is 42.7 Å². The highest BCUT2D eigenvalue weighted by Crippen LogP contribution is 2.16. The van der Waals surface area contributed by atoms with Gasteiger partial charge >= 0.3 is 0 Å². The molecule has 1 aromatic carbocycles. The van der Waals surface area contributed by atoms with Crippen LogP contribution in [0.5, 0.6) is 0 Å². The fourth-order valence-electron chi connectivity index (χ4n) is 1.87. The van der Waals surface area contributed by atoms with Gasteiger partial charge in [-0.05, 0) is 36.2 Å². The fourth-order valence-corrected chi connectivity index (χ4v) is 1.87. The topological polar surface area (TPSA) is 45.1 Å². The highest BCUT2D eigenvalue weighted by atomic mass is 19.1. The number of pyridine rings is 1. The quantitative estimate of drug-likeness (QED) is 0.884. The molecule has 1 heterocycles. The van der Waals surface area contributed by atoms with Crippen molar-refractivity contribution in [3.63, 3.8) is 0 Å². The zero-order chi connectivity index (χ0) is 14.5. The molecule has 1 aromatic heterocycles. The van der Waals surface area contributed by atoms with Crippen LogP contribution >= 0.6 is 0 Å². The fraction of sp³-hybridized carbons (Fsp3) is 0.267. The molecular weight excluding hydrogens is 262 g/mol. The van der Waals surface area contributed by atoms with Gasteiger partial charge in [-0.25, -0.2) is 8.78 Å². The van der Waals surface area contributed by atoms with Gasteiger partial charge in [-0.3, -0.25) is 4.98 Å². The van der Waals surface area contributed by atoms with Crippen LogP contribution in [-0.2, 0) is 0 Å². The van der Waals surface area contributed by atoms with Crippen LogP contribution in [0.4, 0.5) is 8.78 Å². The lowest BCUT2D eigenvalue weighted by atomic mass is 10.1. The maximum Gasteiger partial charge on any atom is 0.141 e. The third kappa shape index (κ3) is 3.82. The molecule has 0 aliphatic heterocycles. The molecule has 0 fully saturated rings. The van der Waals surface area contributed by atoms with Gasteiger partial charge in [-0.15, -0.1) is 0 Å². The molecule has 0 saturated heterocycles. The zero-order valence-corrected chi connectivity index (χ0v) is 11.1. The van der Waals surface area contributed by atoms with Crippen molar-refractivity contribution in [1.82, 2.24) is 10.3 Å². The summed E-state index contributed by atoms with van der Waals surface area (Å²) in [6.07, 6.45) is 1.97. The van der Waals surface area contributed by atoms with Crippen LogP contribution in [0.1, 0.15) is 30.2 Å². The van der Waals surface area contributed by atoms with Crippen molar-refractivity contribution in [2.24, 2.45) is 0 Å². The van der Waals surface area contributed by atoms with Gasteiger partial charge in [0.25, 0.3) is 0 Å². The zero-order valence-electron chi connectivity index (χ0n) is 11.1. The van der Waals surface area contributed by atoms with Gasteiger partial charge in [0.15, 0.2) is 0 Å². The minimum Gasteiger partial charge on any atom is -0.387 e. The second-order valence-electron chi connectivity index (χ2n) is 4.63. The number of nitrogens with zero attached hydrogens (tertiary/aromatic N) is 1. The first-order chi connectivity index (χ1) is 9.56. The van der Waals surface area contributed by atoms with Gasteiger partial charge < -0.3 is 10.4 Å². The van der Waals surface area contributed by atoms with Gasteiger partial charge in [0.2, 0.25) is 0 Å². The summed E-state index contributed by atoms with van der Waals surface area (Å²) in [6.45, 7) is 2.14. The second-order valence-corrected chi connectivity index (χ2v) is 4.63. The molecule has 0 bridgehead atoms. The summed E-state index contributed by atoms with van der Waals surface area (Å²) in [4.78, 5) is 3.78. The van der Waals surface area contributed by atoms with E-state index in [-0.39, 0.29) is 18.4 Å². The Bertz CT molecular complexity index is 560. The molecule has 0 aliphatic rings. The van der Waals surface area contributed by atoms with Gasteiger partial charge in [0, 0.05) is 18.8 Å². The Morgan fingerprint density at radius 2 is 1.80 bits per heavy atom. The minimum absolute atomic E-state index is 0.145. The maximum absolute atomic E-state index is 13.1. The summed E-state index contributed by atoms with van der Waals surface area (Å²) in [7, 11) is 0. The highest BCUT2D eigenvalue weighted by molar-refractivity contribution is 5.19. The molecule has 2 unspecified atom stereocenters. The van der Waals surface area contributed by atoms with Gasteiger partial charge in [-0.1, -0.05) is 12.1 Å². The third-order valence-electron chi connectivity index (χ3n) is 3.10. The molecule has 106 valence electrons. The summed E-state index contributed by atoms with van der Waals surface area (Å²) in [5.74, 6) is -0.733. The number of hydrogen-bond acceptors (Lipinski definition) is 3. The Balaban J connectivity index is 1.93. The Labute approximate surface area is 116 Å². The van der Waals surface area contributed by atoms with Crippen LogP contribution in [0.3, 0.4) is 0 Å². The lowest BCUT2D eigenvalue weighted by Crippen LogP contribution is -2.24. The van der Waals surface area contributed by atoms with Crippen LogP contribution < -0.4 is 5.32 Å². The Kier molecular flexibility index (Phi) is 4.76. The predicted octanol–water partition coefficient (Wildman–Crippen LogP) is 2.74. The smallest absolute Gasteiger partial charge is 0.141 e. The van der Waals surface area contributed by atoms with E-state index in [1.54, 1.807) is 6.20 Å². The number of aliphatic hydroxyl groups excluding tert-OH is 1. The molecule has 0 aliphatic carbocycles. The number of halogens is 2. The summed E-state index contributed by atoms with van der Waals surface area (Å²) < 4.78 is 25.8. The largest absolute Gasteiger partial charge is 0.387 e. The Hall–Kier alpha value is -1.85. The van der Waals surface area contributed by atoms with E-state index in [0.29, 0.717) is 11.1 Å². The van der Waals surface area contributed by atoms with Crippen molar-refractivity contribution >= 4 is 0 Å². The number of rotatable bonds is 5. The predicted molar refractivity (Wildman–Crippen MR) is 72.0 cm³/mol. The molecular formula is C15H16F2N2O. The molecule has 3 nitrogen and oxygen atoms in total. The van der Waals surface area contributed by atoms with Crippen molar-refractivity contribution < 1.29 is 13.9 Å². The Morgan fingerprint density at radius 3 is 2.45 bits per heavy atom. The van der Waals surface area contributed by atoms with Crippen LogP contribution in [-0.4, -0.2) is 16.6 Å². The van der Waals surface area contributed by atoms with Gasteiger partial charge in [0.05, 0.1) is 12.3 Å². The normalized spacial score (nSPS) is 14.0. The number of hydrogen-bond donors (Lipinski definition) is 2. The molecule has 0 amide bonds. The van der Waals surface area contributed by atoms with E-state index in [2.05, 4.69) is 10.3 Å². The summed E-state index contributed by atoms with van der Waals surface area (Å²) in [6, 6.07) is 6.94. The lowest BCUT2D eigenvalue weighted by Gasteiger charge is -2.17. The molecule has 2 rings (SSSR count). The van der Waals surface area contributed by atoms with Crippen molar-refractivity contribution in [2.75, 3.05) is 6.54 Å². The number of aliphatic hydroxyl groups is 1. The summed E-state index contributed by atoms with van der Waals surface area (Å²) >= 11 is 0. The average molecular weight is 278 g/mol. The van der Waals surface area contributed by atoms with Gasteiger partial charge in [-0.2, -0.15) is 0 Å². The van der Waals surface area contributed by atoms with E-state index in [4.69, 9.17) is 0 Å². The van der Waals surface area contributed by atoms with E-state index in [0.717, 1.165) is 6.20 Å². The van der Waals surface area contributed by atoms with Crippen molar-refractivity contribution in [3.8, 4) is 0 Å². The maximum atomic E-state index is 13.1. The first-order valence-corrected chi connectivity index (χ1v) is 6.33. The summed E-state index contributed by atoms with van der Waals surface area (Å²) in [5.41, 5.74) is 1.33. The first-order valence-electron chi connectivity index (χ1n) is 6.33. The van der Waals surface area contributed by atoms with E-state index in [9.17, 15) is 13.9 Å². The third-order valence-corrected chi connectivity index (χ3v) is 3.10. The van der Waals surface area contributed by atoms with Crippen molar-refractivity contribution in [2.45, 2.75) is 19.1 Å². The summed E-state index contributed by atoms with van der Waals surface area (Å²) in [5, 5.41) is 13.1. The molecule has 0 spiro atoms. The molecule has 0 saturated carbocycles. The lowest BCUT2D eigenvalue weighted by molar-refractivity contribution is 0.170. The van der Waals surface area contributed by atoms with E-state index in [1.165, 1.54) is 30.3 Å². The van der Waals surface area contributed by atoms with Crippen LogP contribution in [0.25, 0.3) is 0 Å². The Morgan fingerprint density at radius 1 is 1.10 bits per heavy atom. The van der Waals surface area contributed by atoms with Crippen LogP contribution in [0, 0.1) is 11.6 Å². The average Bonchev–Trinajstić information content (AvgIpc) is 2.45. The van der Waals surface area contributed by atoms with Crippen molar-refractivity contribution in [3.05, 3.63) is 65.5 Å². The molecule has 0 radical (unpaired) electrons. The van der Waals surface area contributed by atoms with E-state index in [1.807, 2.05) is 6.92 Å². The number of nitrogens with one attached hydrogen (secondary N) is 1. The molecule has 5 heteroatoms. The number of benzene rings is 1. The molecule has 2 atom stereocenters. The molecule has 20 heavy (non-hydrogen) atoms. The van der Waals surface area contributed by atoms with Crippen LogP contribution in [0.2, 0.25) is 0 Å². The minimum atomic E-state index is -0.750. The first kappa shape index (κ1) is 14.6. The van der Waals surface area contributed by atoms with E-state index >= 15 is 0 Å². The standard InChI is InChI=1S/C15H16F2N2O/c1-10(12-6-14(17)8-18-7-12)19-9-15(20)11-2-4-13(16)5-3-11/h2-8,10,15,19-20H,9H2,1H3.